The van der Waals surface area contributed by atoms with Crippen LogP contribution in [0.1, 0.15) is 11.1 Å². The van der Waals surface area contributed by atoms with Gasteiger partial charge in [0.1, 0.15) is 0 Å². The van der Waals surface area contributed by atoms with Gasteiger partial charge >= 0.3 is 136 Å². The summed E-state index contributed by atoms with van der Waals surface area (Å²) in [5.74, 6) is 0. The molecule has 3 rings (SSSR count). The van der Waals surface area contributed by atoms with Crippen molar-refractivity contribution in [2.75, 3.05) is 0 Å². The molecule has 0 aliphatic carbocycles. The van der Waals surface area contributed by atoms with E-state index < -0.39 is 0 Å². The molecule has 21 heavy (non-hydrogen) atoms. The van der Waals surface area contributed by atoms with E-state index in [1.807, 2.05) is 0 Å². The molecule has 0 unspecified atom stereocenters. The summed E-state index contributed by atoms with van der Waals surface area (Å²) >= 11 is 2.20. The fourth-order valence-electron chi connectivity index (χ4n) is 2.98. The topological polar surface area (TPSA) is 0 Å². The van der Waals surface area contributed by atoms with Gasteiger partial charge in [-0.15, -0.1) is 0 Å². The SMILES string of the molecule is [Li][c]1cccc(-c2ccccc2C)c1-c1ccccc1C. The number of hydrogen-bond acceptors (Lipinski definition) is 0. The number of hydrogen-bond donors (Lipinski definition) is 0. The molecular formula is C20H17Li. The summed E-state index contributed by atoms with van der Waals surface area (Å²) in [5, 5.41) is 0. The quantitative estimate of drug-likeness (QED) is 0.601. The van der Waals surface area contributed by atoms with Crippen LogP contribution in [-0.2, 0) is 0 Å². The van der Waals surface area contributed by atoms with E-state index in [1.165, 1.54) is 37.6 Å². The molecular weight excluding hydrogens is 247 g/mol. The molecule has 0 bridgehead atoms. The van der Waals surface area contributed by atoms with Crippen LogP contribution in [0, 0.1) is 13.8 Å². The van der Waals surface area contributed by atoms with Crippen LogP contribution < -0.4 is 4.24 Å². The van der Waals surface area contributed by atoms with Gasteiger partial charge in [-0.25, -0.2) is 0 Å². The van der Waals surface area contributed by atoms with Crippen LogP contribution in [-0.4, -0.2) is 17.7 Å². The standard InChI is InChI=1S/C20H17.Li/c1-15-9-3-5-11-17(15)19-13-7-8-14-20(19)18-12-6-4-10-16(18)2;/h3-13H,1-2H3;. The summed E-state index contributed by atoms with van der Waals surface area (Å²) in [6.07, 6.45) is 0. The van der Waals surface area contributed by atoms with Gasteiger partial charge in [0.05, 0.1) is 0 Å². The maximum atomic E-state index is 2.23. The van der Waals surface area contributed by atoms with E-state index in [0.717, 1.165) is 0 Å². The second-order valence-electron chi connectivity index (χ2n) is 5.63. The normalized spacial score (nSPS) is 10.7. The van der Waals surface area contributed by atoms with Crippen molar-refractivity contribution in [3.63, 3.8) is 0 Å². The van der Waals surface area contributed by atoms with Crippen LogP contribution in [0.15, 0.2) is 66.7 Å². The molecule has 0 heterocycles. The van der Waals surface area contributed by atoms with E-state index >= 15 is 0 Å². The van der Waals surface area contributed by atoms with Crippen molar-refractivity contribution in [2.45, 2.75) is 13.8 Å². The Labute approximate surface area is 136 Å². The summed E-state index contributed by atoms with van der Waals surface area (Å²) in [6.45, 7) is 4.36. The maximum absolute atomic E-state index is 2.23. The number of aryl methyl sites for hydroxylation is 2. The predicted octanol–water partition coefficient (Wildman–Crippen LogP) is 4.43. The molecule has 0 atom stereocenters. The molecule has 0 radical (unpaired) electrons. The Morgan fingerprint density at radius 2 is 1.10 bits per heavy atom. The first-order valence-electron chi connectivity index (χ1n) is 7.40. The zero-order valence-corrected chi connectivity index (χ0v) is 12.9. The zero-order valence-electron chi connectivity index (χ0n) is 12.9. The predicted molar refractivity (Wildman–Crippen MR) is 92.2 cm³/mol. The molecule has 0 aliphatic heterocycles. The first-order valence-corrected chi connectivity index (χ1v) is 7.40. The Balaban J connectivity index is 2.32. The van der Waals surface area contributed by atoms with E-state index in [9.17, 15) is 0 Å². The van der Waals surface area contributed by atoms with Gasteiger partial charge in [-0.05, 0) is 0 Å². The van der Waals surface area contributed by atoms with Crippen molar-refractivity contribution < 1.29 is 0 Å². The van der Waals surface area contributed by atoms with Crippen molar-refractivity contribution in [1.29, 1.82) is 0 Å². The van der Waals surface area contributed by atoms with E-state index in [2.05, 4.69) is 98.3 Å². The molecule has 1 heteroatoms. The molecule has 0 saturated carbocycles. The van der Waals surface area contributed by atoms with Crippen molar-refractivity contribution >= 4 is 22.0 Å². The second kappa shape index (κ2) is 5.94. The van der Waals surface area contributed by atoms with Crippen LogP contribution in [0.2, 0.25) is 0 Å². The first-order chi connectivity index (χ1) is 10.2. The minimum atomic E-state index is 1.32. The number of rotatable bonds is 2. The van der Waals surface area contributed by atoms with Crippen molar-refractivity contribution in [3.05, 3.63) is 77.9 Å². The molecule has 0 nitrogen and oxygen atoms in total. The van der Waals surface area contributed by atoms with Crippen LogP contribution >= 0.6 is 0 Å². The molecule has 0 amide bonds. The molecule has 98 valence electrons. The Morgan fingerprint density at radius 1 is 0.571 bits per heavy atom. The summed E-state index contributed by atoms with van der Waals surface area (Å²) in [5.41, 5.74) is 7.96. The van der Waals surface area contributed by atoms with E-state index in [1.54, 1.807) is 0 Å². The zero-order chi connectivity index (χ0) is 14.8. The molecule has 0 spiro atoms. The monoisotopic (exact) mass is 264 g/mol. The Morgan fingerprint density at radius 3 is 1.71 bits per heavy atom. The van der Waals surface area contributed by atoms with Gasteiger partial charge in [-0.3, -0.25) is 0 Å². The molecule has 0 fully saturated rings. The van der Waals surface area contributed by atoms with Gasteiger partial charge in [0.15, 0.2) is 0 Å². The second-order valence-corrected chi connectivity index (χ2v) is 5.63. The molecule has 0 saturated heterocycles. The van der Waals surface area contributed by atoms with E-state index in [0.29, 0.717) is 0 Å². The molecule has 0 N–H and O–H groups in total. The molecule has 3 aromatic rings. The molecule has 0 aromatic heterocycles. The number of benzene rings is 3. The van der Waals surface area contributed by atoms with E-state index in [-0.39, 0.29) is 0 Å². The van der Waals surface area contributed by atoms with Crippen LogP contribution in [0.25, 0.3) is 22.3 Å². The van der Waals surface area contributed by atoms with Gasteiger partial charge in [0, 0.05) is 0 Å². The fourth-order valence-corrected chi connectivity index (χ4v) is 2.98. The summed E-state index contributed by atoms with van der Waals surface area (Å²) in [7, 11) is 0. The van der Waals surface area contributed by atoms with Gasteiger partial charge < -0.3 is 0 Å². The van der Waals surface area contributed by atoms with Crippen molar-refractivity contribution in [3.8, 4) is 22.3 Å². The van der Waals surface area contributed by atoms with Crippen LogP contribution in [0.3, 0.4) is 0 Å². The van der Waals surface area contributed by atoms with Gasteiger partial charge in [0.2, 0.25) is 0 Å². The third-order valence-electron chi connectivity index (χ3n) is 4.12. The van der Waals surface area contributed by atoms with Gasteiger partial charge in [-0.1, -0.05) is 0 Å². The van der Waals surface area contributed by atoms with Crippen molar-refractivity contribution in [2.24, 2.45) is 0 Å². The third-order valence-corrected chi connectivity index (χ3v) is 4.12. The van der Waals surface area contributed by atoms with Crippen LogP contribution in [0.4, 0.5) is 0 Å². The van der Waals surface area contributed by atoms with Gasteiger partial charge in [-0.2, -0.15) is 0 Å². The Bertz CT molecular complexity index is 787. The van der Waals surface area contributed by atoms with Crippen LogP contribution in [0.5, 0.6) is 0 Å². The van der Waals surface area contributed by atoms with Gasteiger partial charge in [0.25, 0.3) is 0 Å². The van der Waals surface area contributed by atoms with Crippen molar-refractivity contribution in [1.82, 2.24) is 0 Å². The summed E-state index contributed by atoms with van der Waals surface area (Å²) < 4.78 is 1.32. The Kier molecular flexibility index (Phi) is 4.02. The summed E-state index contributed by atoms with van der Waals surface area (Å²) in [6, 6.07) is 23.8. The minimum absolute atomic E-state index is 1.32. The average molecular weight is 264 g/mol. The Hall–Kier alpha value is -1.74. The molecule has 3 aromatic carbocycles. The van der Waals surface area contributed by atoms with E-state index in [4.69, 9.17) is 0 Å². The first kappa shape index (κ1) is 14.2. The average Bonchev–Trinajstić information content (AvgIpc) is 2.49. The fraction of sp³-hybridized carbons (Fsp3) is 0.100. The third kappa shape index (κ3) is 2.70. The molecule has 0 aliphatic rings. The summed E-state index contributed by atoms with van der Waals surface area (Å²) in [4.78, 5) is 0.